The Morgan fingerprint density at radius 3 is 2.88 bits per heavy atom. The fourth-order valence-electron chi connectivity index (χ4n) is 2.43. The maximum Gasteiger partial charge on any atom is 0.144 e. The summed E-state index contributed by atoms with van der Waals surface area (Å²) in [5, 5.41) is 0. The van der Waals surface area contributed by atoms with Gasteiger partial charge in [-0.25, -0.2) is 9.97 Å². The van der Waals surface area contributed by atoms with Crippen LogP contribution < -0.4 is 5.73 Å². The third kappa shape index (κ3) is 3.17. The average Bonchev–Trinajstić information content (AvgIpc) is 2.70. The molecular formula is C12H20N4. The Balaban J connectivity index is 1.84. The summed E-state index contributed by atoms with van der Waals surface area (Å²) in [5.74, 6) is 2.24. The van der Waals surface area contributed by atoms with Crippen LogP contribution in [0.15, 0.2) is 12.3 Å². The first-order valence-electron chi connectivity index (χ1n) is 6.00. The van der Waals surface area contributed by atoms with Crippen molar-refractivity contribution < 1.29 is 0 Å². The number of aromatic nitrogens is 2. The zero-order chi connectivity index (χ0) is 11.4. The second-order valence-electron chi connectivity index (χ2n) is 4.74. The van der Waals surface area contributed by atoms with E-state index >= 15 is 0 Å². The zero-order valence-corrected chi connectivity index (χ0v) is 9.89. The maximum atomic E-state index is 5.63. The molecule has 0 bridgehead atoms. The summed E-state index contributed by atoms with van der Waals surface area (Å²) in [7, 11) is 2.13. The van der Waals surface area contributed by atoms with E-state index in [4.69, 9.17) is 5.73 Å². The van der Waals surface area contributed by atoms with E-state index in [0.717, 1.165) is 24.8 Å². The van der Waals surface area contributed by atoms with Crippen LogP contribution in [0, 0.1) is 5.92 Å². The van der Waals surface area contributed by atoms with E-state index in [2.05, 4.69) is 21.9 Å². The van der Waals surface area contributed by atoms with Gasteiger partial charge < -0.3 is 5.73 Å². The van der Waals surface area contributed by atoms with Gasteiger partial charge in [-0.1, -0.05) is 12.8 Å². The molecule has 4 nitrogen and oxygen atoms in total. The zero-order valence-electron chi connectivity index (χ0n) is 9.89. The molecule has 1 aromatic rings. The highest BCUT2D eigenvalue weighted by molar-refractivity contribution is 5.24. The first kappa shape index (κ1) is 11.3. The molecule has 1 fully saturated rings. The fraction of sp³-hybridized carbons (Fsp3) is 0.667. The summed E-state index contributed by atoms with van der Waals surface area (Å²) in [4.78, 5) is 10.7. The molecule has 2 N–H and O–H groups in total. The predicted molar refractivity (Wildman–Crippen MR) is 64.7 cm³/mol. The lowest BCUT2D eigenvalue weighted by Crippen LogP contribution is -2.25. The highest BCUT2D eigenvalue weighted by atomic mass is 15.1. The van der Waals surface area contributed by atoms with Crippen molar-refractivity contribution in [2.75, 3.05) is 19.3 Å². The number of nitrogens with two attached hydrogens (primary N) is 1. The van der Waals surface area contributed by atoms with Gasteiger partial charge in [-0.2, -0.15) is 0 Å². The molecule has 1 heterocycles. The largest absolute Gasteiger partial charge is 0.384 e. The molecule has 2 rings (SSSR count). The van der Waals surface area contributed by atoms with Crippen LogP contribution in [-0.2, 0) is 6.54 Å². The molecule has 1 aromatic heterocycles. The molecule has 1 aliphatic carbocycles. The Hall–Kier alpha value is -1.16. The SMILES string of the molecule is CN(Cc1nccc(N)n1)CC1CCCC1. The van der Waals surface area contributed by atoms with Crippen LogP contribution in [0.2, 0.25) is 0 Å². The van der Waals surface area contributed by atoms with Crippen molar-refractivity contribution in [2.24, 2.45) is 5.92 Å². The summed E-state index contributed by atoms with van der Waals surface area (Å²) in [6, 6.07) is 1.72. The second-order valence-corrected chi connectivity index (χ2v) is 4.74. The maximum absolute atomic E-state index is 5.63. The number of hydrogen-bond donors (Lipinski definition) is 1. The molecule has 0 aliphatic heterocycles. The van der Waals surface area contributed by atoms with Gasteiger partial charge in [0.05, 0.1) is 6.54 Å². The molecule has 0 amide bonds. The molecule has 0 saturated heterocycles. The van der Waals surface area contributed by atoms with Crippen molar-refractivity contribution >= 4 is 5.82 Å². The molecular weight excluding hydrogens is 200 g/mol. The lowest BCUT2D eigenvalue weighted by molar-refractivity contribution is 0.265. The van der Waals surface area contributed by atoms with Gasteiger partial charge in [-0.05, 0) is 31.9 Å². The predicted octanol–water partition coefficient (Wildman–Crippen LogP) is 1.68. The third-order valence-corrected chi connectivity index (χ3v) is 3.18. The van der Waals surface area contributed by atoms with E-state index in [0.29, 0.717) is 5.82 Å². The minimum Gasteiger partial charge on any atom is -0.384 e. The lowest BCUT2D eigenvalue weighted by atomic mass is 10.1. The summed E-state index contributed by atoms with van der Waals surface area (Å²) >= 11 is 0. The highest BCUT2D eigenvalue weighted by Crippen LogP contribution is 2.25. The van der Waals surface area contributed by atoms with E-state index in [1.165, 1.54) is 25.7 Å². The van der Waals surface area contributed by atoms with E-state index in [-0.39, 0.29) is 0 Å². The Morgan fingerprint density at radius 1 is 1.44 bits per heavy atom. The summed E-state index contributed by atoms with van der Waals surface area (Å²) in [5.41, 5.74) is 5.63. The molecule has 0 unspecified atom stereocenters. The van der Waals surface area contributed by atoms with Crippen LogP contribution >= 0.6 is 0 Å². The second kappa shape index (κ2) is 5.25. The molecule has 1 aliphatic rings. The van der Waals surface area contributed by atoms with Crippen LogP contribution in [0.5, 0.6) is 0 Å². The van der Waals surface area contributed by atoms with Gasteiger partial charge in [-0.3, -0.25) is 4.90 Å². The molecule has 88 valence electrons. The molecule has 16 heavy (non-hydrogen) atoms. The first-order chi connectivity index (χ1) is 7.74. The Bertz CT molecular complexity index is 334. The summed E-state index contributed by atoms with van der Waals surface area (Å²) in [6.45, 7) is 1.94. The Labute approximate surface area is 96.9 Å². The van der Waals surface area contributed by atoms with Crippen LogP contribution in [0.1, 0.15) is 31.5 Å². The van der Waals surface area contributed by atoms with Crippen molar-refractivity contribution in [2.45, 2.75) is 32.2 Å². The third-order valence-electron chi connectivity index (χ3n) is 3.18. The van der Waals surface area contributed by atoms with Crippen LogP contribution in [-0.4, -0.2) is 28.5 Å². The number of rotatable bonds is 4. The van der Waals surface area contributed by atoms with Gasteiger partial charge in [0.1, 0.15) is 11.6 Å². The van der Waals surface area contributed by atoms with Crippen molar-refractivity contribution in [1.82, 2.24) is 14.9 Å². The van der Waals surface area contributed by atoms with E-state index in [1.54, 1.807) is 12.3 Å². The quantitative estimate of drug-likeness (QED) is 0.838. The average molecular weight is 220 g/mol. The van der Waals surface area contributed by atoms with Gasteiger partial charge in [0.25, 0.3) is 0 Å². The monoisotopic (exact) mass is 220 g/mol. The Morgan fingerprint density at radius 2 is 2.19 bits per heavy atom. The number of nitrogen functional groups attached to an aromatic ring is 1. The van der Waals surface area contributed by atoms with Crippen LogP contribution in [0.3, 0.4) is 0 Å². The minimum absolute atomic E-state index is 0.555. The number of hydrogen-bond acceptors (Lipinski definition) is 4. The molecule has 0 atom stereocenters. The van der Waals surface area contributed by atoms with Crippen LogP contribution in [0.4, 0.5) is 5.82 Å². The van der Waals surface area contributed by atoms with Crippen molar-refractivity contribution in [3.63, 3.8) is 0 Å². The van der Waals surface area contributed by atoms with Gasteiger partial charge in [0.15, 0.2) is 0 Å². The topological polar surface area (TPSA) is 55.0 Å². The van der Waals surface area contributed by atoms with E-state index in [9.17, 15) is 0 Å². The standard InChI is InChI=1S/C12H20N4/c1-16(8-10-4-2-3-5-10)9-12-14-7-6-11(13)15-12/h6-7,10H,2-5,8-9H2,1H3,(H2,13,14,15). The molecule has 0 radical (unpaired) electrons. The number of anilines is 1. The van der Waals surface area contributed by atoms with Crippen LogP contribution in [0.25, 0.3) is 0 Å². The molecule has 0 aromatic carbocycles. The van der Waals surface area contributed by atoms with Gasteiger partial charge in [0, 0.05) is 12.7 Å². The summed E-state index contributed by atoms with van der Waals surface area (Å²) in [6.07, 6.45) is 7.27. The molecule has 4 heteroatoms. The van der Waals surface area contributed by atoms with E-state index < -0.39 is 0 Å². The van der Waals surface area contributed by atoms with Crippen molar-refractivity contribution in [3.8, 4) is 0 Å². The van der Waals surface area contributed by atoms with Gasteiger partial charge >= 0.3 is 0 Å². The molecule has 1 saturated carbocycles. The van der Waals surface area contributed by atoms with Crippen molar-refractivity contribution in [3.05, 3.63) is 18.1 Å². The summed E-state index contributed by atoms with van der Waals surface area (Å²) < 4.78 is 0. The van der Waals surface area contributed by atoms with Gasteiger partial charge in [0.2, 0.25) is 0 Å². The normalized spacial score (nSPS) is 17.1. The lowest BCUT2D eigenvalue weighted by Gasteiger charge is -2.19. The fourth-order valence-corrected chi connectivity index (χ4v) is 2.43. The minimum atomic E-state index is 0.555. The first-order valence-corrected chi connectivity index (χ1v) is 6.00. The molecule has 0 spiro atoms. The number of nitrogens with zero attached hydrogens (tertiary/aromatic N) is 3. The Kier molecular flexibility index (Phi) is 3.72. The van der Waals surface area contributed by atoms with Gasteiger partial charge in [-0.15, -0.1) is 0 Å². The smallest absolute Gasteiger partial charge is 0.144 e. The van der Waals surface area contributed by atoms with E-state index in [1.807, 2.05) is 0 Å². The highest BCUT2D eigenvalue weighted by Gasteiger charge is 2.17. The van der Waals surface area contributed by atoms with Crippen molar-refractivity contribution in [1.29, 1.82) is 0 Å².